The third-order valence-corrected chi connectivity index (χ3v) is 2.98. The van der Waals surface area contributed by atoms with E-state index >= 15 is 0 Å². The topological polar surface area (TPSA) is 48.8 Å². The van der Waals surface area contributed by atoms with Crippen LogP contribution in [0.3, 0.4) is 0 Å². The molecule has 0 fully saturated rings. The molecule has 4 nitrogen and oxygen atoms in total. The molecule has 24 heavy (non-hydrogen) atoms. The van der Waals surface area contributed by atoms with Gasteiger partial charge in [-0.25, -0.2) is 8.78 Å². The fourth-order valence-corrected chi connectivity index (χ4v) is 1.77. The molecule has 0 amide bonds. The van der Waals surface area contributed by atoms with Crippen LogP contribution in [0.5, 0.6) is 0 Å². The molecule has 0 unspecified atom stereocenters. The maximum absolute atomic E-state index is 13.1. The van der Waals surface area contributed by atoms with E-state index in [1.807, 2.05) is 13.8 Å². The molecule has 6 heteroatoms. The smallest absolute Gasteiger partial charge is 0.138 e. The van der Waals surface area contributed by atoms with Crippen LogP contribution < -0.4 is 10.9 Å². The van der Waals surface area contributed by atoms with Gasteiger partial charge in [-0.15, -0.1) is 0 Å². The second-order valence-corrected chi connectivity index (χ2v) is 5.23. The maximum Gasteiger partial charge on any atom is 0.138 e. The first-order valence-electron chi connectivity index (χ1n) is 7.31. The summed E-state index contributed by atoms with van der Waals surface area (Å²) in [5, 5.41) is 8.10. The highest BCUT2D eigenvalue weighted by Crippen LogP contribution is 2.02. The summed E-state index contributed by atoms with van der Waals surface area (Å²) in [4.78, 5) is 0. The molecule has 0 spiro atoms. The van der Waals surface area contributed by atoms with Gasteiger partial charge in [-0.3, -0.25) is 10.9 Å². The van der Waals surface area contributed by atoms with Crippen LogP contribution in [-0.4, -0.2) is 12.4 Å². The van der Waals surface area contributed by atoms with Crippen molar-refractivity contribution < 1.29 is 8.78 Å². The highest BCUT2D eigenvalue weighted by Gasteiger charge is 1.97. The summed E-state index contributed by atoms with van der Waals surface area (Å²) < 4.78 is 26.2. The summed E-state index contributed by atoms with van der Waals surface area (Å²) >= 11 is 0. The van der Waals surface area contributed by atoms with Crippen LogP contribution in [0.15, 0.2) is 70.1 Å². The van der Waals surface area contributed by atoms with E-state index in [1.165, 1.54) is 36.7 Å². The van der Waals surface area contributed by atoms with Crippen molar-refractivity contribution in [3.63, 3.8) is 0 Å². The van der Waals surface area contributed by atoms with Gasteiger partial charge in [0, 0.05) is 0 Å². The third kappa shape index (κ3) is 5.64. The summed E-state index contributed by atoms with van der Waals surface area (Å²) in [6, 6.07) is 12.2. The summed E-state index contributed by atoms with van der Waals surface area (Å²) in [6.07, 6.45) is 3.01. The Morgan fingerprint density at radius 3 is 1.67 bits per heavy atom. The van der Waals surface area contributed by atoms with E-state index in [9.17, 15) is 8.78 Å². The van der Waals surface area contributed by atoms with Gasteiger partial charge < -0.3 is 0 Å². The second kappa shape index (κ2) is 8.57. The predicted octanol–water partition coefficient (Wildman–Crippen LogP) is 3.76. The van der Waals surface area contributed by atoms with Gasteiger partial charge in [-0.2, -0.15) is 10.2 Å². The average molecular weight is 328 g/mol. The number of halogens is 2. The highest BCUT2D eigenvalue weighted by molar-refractivity contribution is 5.79. The van der Waals surface area contributed by atoms with Crippen molar-refractivity contribution in [3.05, 3.63) is 82.7 Å². The van der Waals surface area contributed by atoms with Gasteiger partial charge >= 0.3 is 0 Å². The van der Waals surface area contributed by atoms with Gasteiger partial charge in [0.2, 0.25) is 0 Å². The largest absolute Gasteiger partial charge is 0.262 e. The van der Waals surface area contributed by atoms with E-state index < -0.39 is 0 Å². The molecule has 0 aliphatic rings. The standard InChI is InChI=1S/C18H18F2N4/c1-13(2)18(23-21-11-14-5-3-7-16(19)9-14)24-22-12-15-6-4-8-17(20)10-15/h3-12,23-24H,1-2H3/b21-11+,22-12+. The monoisotopic (exact) mass is 328 g/mol. The van der Waals surface area contributed by atoms with Crippen LogP contribution in [-0.2, 0) is 0 Å². The number of hydrazone groups is 2. The summed E-state index contributed by atoms with van der Waals surface area (Å²) in [7, 11) is 0. The van der Waals surface area contributed by atoms with Crippen molar-refractivity contribution in [2.24, 2.45) is 10.2 Å². The van der Waals surface area contributed by atoms with E-state index in [1.54, 1.807) is 24.3 Å². The Kier molecular flexibility index (Phi) is 6.19. The molecule has 2 rings (SSSR count). The summed E-state index contributed by atoms with van der Waals surface area (Å²) in [5.74, 6) is -0.0614. The average Bonchev–Trinajstić information content (AvgIpc) is 2.53. The first-order valence-corrected chi connectivity index (χ1v) is 7.31. The van der Waals surface area contributed by atoms with Crippen LogP contribution >= 0.6 is 0 Å². The zero-order chi connectivity index (χ0) is 17.4. The Morgan fingerprint density at radius 2 is 1.29 bits per heavy atom. The molecular formula is C18H18F2N4. The van der Waals surface area contributed by atoms with Crippen LogP contribution in [0.4, 0.5) is 8.78 Å². The Hall–Kier alpha value is -3.02. The Balaban J connectivity index is 1.96. The minimum Gasteiger partial charge on any atom is -0.262 e. The number of nitrogens with zero attached hydrogens (tertiary/aromatic N) is 2. The summed E-state index contributed by atoms with van der Waals surface area (Å²) in [5.41, 5.74) is 7.82. The zero-order valence-corrected chi connectivity index (χ0v) is 13.4. The normalized spacial score (nSPS) is 11.0. The van der Waals surface area contributed by atoms with E-state index in [-0.39, 0.29) is 11.6 Å². The lowest BCUT2D eigenvalue weighted by Crippen LogP contribution is -2.20. The first-order chi connectivity index (χ1) is 11.5. The SMILES string of the molecule is CC(C)=C(N/N=C/c1cccc(F)c1)N/N=C/c1cccc(F)c1. The number of rotatable bonds is 6. The molecule has 0 atom stereocenters. The van der Waals surface area contributed by atoms with Gasteiger partial charge in [0.05, 0.1) is 12.4 Å². The van der Waals surface area contributed by atoms with Crippen LogP contribution in [0, 0.1) is 11.6 Å². The van der Waals surface area contributed by atoms with Crippen LogP contribution in [0.2, 0.25) is 0 Å². The molecule has 2 N–H and O–H groups in total. The summed E-state index contributed by atoms with van der Waals surface area (Å²) in [6.45, 7) is 3.76. The van der Waals surface area contributed by atoms with Crippen LogP contribution in [0.25, 0.3) is 0 Å². The minimum absolute atomic E-state index is 0.320. The molecule has 2 aromatic rings. The van der Waals surface area contributed by atoms with Crippen molar-refractivity contribution >= 4 is 12.4 Å². The molecule has 0 aliphatic carbocycles. The Bertz CT molecular complexity index is 719. The zero-order valence-electron chi connectivity index (χ0n) is 13.4. The molecule has 0 aliphatic heterocycles. The maximum atomic E-state index is 13.1. The number of hydrogen-bond acceptors (Lipinski definition) is 4. The molecule has 0 heterocycles. The molecule has 0 radical (unpaired) electrons. The fourth-order valence-electron chi connectivity index (χ4n) is 1.77. The third-order valence-electron chi connectivity index (χ3n) is 2.98. The van der Waals surface area contributed by atoms with Gasteiger partial charge in [0.15, 0.2) is 0 Å². The number of nitrogens with one attached hydrogen (secondary N) is 2. The van der Waals surface area contributed by atoms with Crippen LogP contribution in [0.1, 0.15) is 25.0 Å². The fraction of sp³-hybridized carbons (Fsp3) is 0.111. The molecule has 2 aromatic carbocycles. The van der Waals surface area contributed by atoms with Gasteiger partial charge in [0.25, 0.3) is 0 Å². The van der Waals surface area contributed by atoms with Crippen molar-refractivity contribution in [2.75, 3.05) is 0 Å². The molecular weight excluding hydrogens is 310 g/mol. The number of benzene rings is 2. The van der Waals surface area contributed by atoms with Gasteiger partial charge in [-0.1, -0.05) is 24.3 Å². The highest BCUT2D eigenvalue weighted by atomic mass is 19.1. The lowest BCUT2D eigenvalue weighted by Gasteiger charge is -2.07. The van der Waals surface area contributed by atoms with Gasteiger partial charge in [-0.05, 0) is 54.8 Å². The quantitative estimate of drug-likeness (QED) is 0.626. The van der Waals surface area contributed by atoms with E-state index in [4.69, 9.17) is 0 Å². The number of hydrogen-bond donors (Lipinski definition) is 2. The van der Waals surface area contributed by atoms with Gasteiger partial charge in [0.1, 0.15) is 17.5 Å². The van der Waals surface area contributed by atoms with E-state index in [0.717, 1.165) is 5.57 Å². The minimum atomic E-state index is -0.320. The van der Waals surface area contributed by atoms with Crippen molar-refractivity contribution in [1.82, 2.24) is 10.9 Å². The predicted molar refractivity (Wildman–Crippen MR) is 92.6 cm³/mol. The van der Waals surface area contributed by atoms with Crippen molar-refractivity contribution in [2.45, 2.75) is 13.8 Å². The lowest BCUT2D eigenvalue weighted by atomic mass is 10.2. The van der Waals surface area contributed by atoms with Crippen molar-refractivity contribution in [1.29, 1.82) is 0 Å². The molecule has 0 aromatic heterocycles. The molecule has 0 saturated heterocycles. The molecule has 0 bridgehead atoms. The number of allylic oxidation sites excluding steroid dienone is 1. The lowest BCUT2D eigenvalue weighted by molar-refractivity contribution is 0.627. The van der Waals surface area contributed by atoms with E-state index in [2.05, 4.69) is 21.1 Å². The molecule has 124 valence electrons. The second-order valence-electron chi connectivity index (χ2n) is 5.23. The van der Waals surface area contributed by atoms with Crippen molar-refractivity contribution in [3.8, 4) is 0 Å². The Labute approximate surface area is 139 Å². The first kappa shape index (κ1) is 17.3. The Morgan fingerprint density at radius 1 is 0.833 bits per heavy atom. The molecule has 0 saturated carbocycles. The van der Waals surface area contributed by atoms with E-state index in [0.29, 0.717) is 16.9 Å².